The number of carbonyl (C=O) groups excluding carboxylic acids is 1. The van der Waals surface area contributed by atoms with E-state index in [1.807, 2.05) is 30.3 Å². The van der Waals surface area contributed by atoms with Gasteiger partial charge in [-0.2, -0.15) is 5.10 Å². The smallest absolute Gasteiger partial charge is 0.271 e. The van der Waals surface area contributed by atoms with Gasteiger partial charge in [0.15, 0.2) is 0 Å². The van der Waals surface area contributed by atoms with Crippen molar-refractivity contribution >= 4 is 23.5 Å². The molecule has 3 aromatic rings. The molecule has 0 atom stereocenters. The molecule has 4 rings (SSSR count). The summed E-state index contributed by atoms with van der Waals surface area (Å²) in [6.07, 6.45) is 3.92. The van der Waals surface area contributed by atoms with Crippen molar-refractivity contribution in [2.75, 3.05) is 18.0 Å². The standard InChI is InChI=1S/C25H24N4O4/c30-25(20-10-12-22(13-11-20)28-14-3-4-15-28)27-26-17-21-7-1-2-9-24(21)33-18-19-6-5-8-23(16-19)29(31)32/h1-2,5-13,16-17H,3-4,14-15,18H2,(H,27,30)/b26-17-. The Bertz CT molecular complexity index is 1160. The minimum Gasteiger partial charge on any atom is -0.488 e. The van der Waals surface area contributed by atoms with E-state index in [2.05, 4.69) is 15.4 Å². The van der Waals surface area contributed by atoms with Crippen LogP contribution in [0.5, 0.6) is 5.75 Å². The molecule has 0 saturated carbocycles. The van der Waals surface area contributed by atoms with Crippen LogP contribution < -0.4 is 15.1 Å². The zero-order chi connectivity index (χ0) is 23.0. The van der Waals surface area contributed by atoms with Crippen LogP contribution in [0.25, 0.3) is 0 Å². The summed E-state index contributed by atoms with van der Waals surface area (Å²) in [5, 5.41) is 15.0. The predicted octanol–water partition coefficient (Wildman–Crippen LogP) is 4.54. The third-order valence-corrected chi connectivity index (χ3v) is 5.41. The Hall–Kier alpha value is -4.20. The largest absolute Gasteiger partial charge is 0.488 e. The average Bonchev–Trinajstić information content (AvgIpc) is 3.39. The molecule has 0 bridgehead atoms. The highest BCUT2D eigenvalue weighted by Crippen LogP contribution is 2.21. The average molecular weight is 444 g/mol. The van der Waals surface area contributed by atoms with Gasteiger partial charge in [0.05, 0.1) is 11.1 Å². The molecule has 33 heavy (non-hydrogen) atoms. The first-order valence-electron chi connectivity index (χ1n) is 10.7. The number of non-ortho nitro benzene ring substituents is 1. The Morgan fingerprint density at radius 1 is 1.06 bits per heavy atom. The molecular weight excluding hydrogens is 420 g/mol. The van der Waals surface area contributed by atoms with Gasteiger partial charge in [0.1, 0.15) is 12.4 Å². The van der Waals surface area contributed by atoms with Crippen molar-refractivity contribution in [1.82, 2.24) is 5.43 Å². The van der Waals surface area contributed by atoms with Gasteiger partial charge < -0.3 is 9.64 Å². The number of nitro benzene ring substituents is 1. The number of nitrogens with one attached hydrogen (secondary N) is 1. The third-order valence-electron chi connectivity index (χ3n) is 5.41. The van der Waals surface area contributed by atoms with Crippen molar-refractivity contribution in [1.29, 1.82) is 0 Å². The van der Waals surface area contributed by atoms with Crippen molar-refractivity contribution in [2.24, 2.45) is 5.10 Å². The first kappa shape index (κ1) is 22.0. The molecule has 1 saturated heterocycles. The molecule has 8 nitrogen and oxygen atoms in total. The summed E-state index contributed by atoms with van der Waals surface area (Å²) < 4.78 is 5.83. The summed E-state index contributed by atoms with van der Waals surface area (Å²) in [7, 11) is 0. The Morgan fingerprint density at radius 3 is 2.58 bits per heavy atom. The van der Waals surface area contributed by atoms with E-state index in [1.165, 1.54) is 31.2 Å². The lowest BCUT2D eigenvalue weighted by molar-refractivity contribution is -0.384. The highest BCUT2D eigenvalue weighted by molar-refractivity contribution is 5.95. The maximum Gasteiger partial charge on any atom is 0.271 e. The van der Waals surface area contributed by atoms with Gasteiger partial charge in [-0.05, 0) is 54.8 Å². The van der Waals surface area contributed by atoms with E-state index in [9.17, 15) is 14.9 Å². The van der Waals surface area contributed by atoms with Gasteiger partial charge >= 0.3 is 0 Å². The van der Waals surface area contributed by atoms with Crippen LogP contribution in [0.4, 0.5) is 11.4 Å². The number of carbonyl (C=O) groups is 1. The van der Waals surface area contributed by atoms with E-state index in [4.69, 9.17) is 4.74 Å². The Kier molecular flexibility index (Phi) is 6.94. The number of nitro groups is 1. The molecule has 0 aromatic heterocycles. The monoisotopic (exact) mass is 444 g/mol. The van der Waals surface area contributed by atoms with Crippen LogP contribution in [0.1, 0.15) is 34.3 Å². The van der Waals surface area contributed by atoms with Crippen LogP contribution in [-0.2, 0) is 6.61 Å². The highest BCUT2D eigenvalue weighted by atomic mass is 16.6. The van der Waals surface area contributed by atoms with E-state index < -0.39 is 4.92 Å². The SMILES string of the molecule is O=C(N/N=C\c1ccccc1OCc1cccc([N+](=O)[O-])c1)c1ccc(N2CCCC2)cc1. The van der Waals surface area contributed by atoms with E-state index in [-0.39, 0.29) is 18.2 Å². The number of hydrogen-bond donors (Lipinski definition) is 1. The molecule has 1 aliphatic heterocycles. The quantitative estimate of drug-likeness (QED) is 0.313. The van der Waals surface area contributed by atoms with Gasteiger partial charge in [-0.1, -0.05) is 24.3 Å². The predicted molar refractivity (Wildman–Crippen MR) is 127 cm³/mol. The van der Waals surface area contributed by atoms with Gasteiger partial charge in [0.25, 0.3) is 11.6 Å². The first-order chi connectivity index (χ1) is 16.1. The maximum absolute atomic E-state index is 12.4. The second kappa shape index (κ2) is 10.4. The summed E-state index contributed by atoms with van der Waals surface area (Å²) in [6, 6.07) is 21.1. The van der Waals surface area contributed by atoms with E-state index in [1.54, 1.807) is 30.3 Å². The zero-order valence-electron chi connectivity index (χ0n) is 18.0. The molecule has 1 aliphatic rings. The summed E-state index contributed by atoms with van der Waals surface area (Å²) in [5.74, 6) is 0.256. The molecule has 1 heterocycles. The van der Waals surface area contributed by atoms with Crippen molar-refractivity contribution in [3.8, 4) is 5.75 Å². The van der Waals surface area contributed by atoms with Gasteiger partial charge in [-0.3, -0.25) is 14.9 Å². The fraction of sp³-hybridized carbons (Fsp3) is 0.200. The molecule has 168 valence electrons. The number of nitrogens with zero attached hydrogens (tertiary/aromatic N) is 3. The van der Waals surface area contributed by atoms with Gasteiger partial charge in [0, 0.05) is 42.0 Å². The normalized spacial score (nSPS) is 13.3. The lowest BCUT2D eigenvalue weighted by Gasteiger charge is -2.17. The molecule has 0 spiro atoms. The van der Waals surface area contributed by atoms with Crippen LogP contribution in [0.3, 0.4) is 0 Å². The van der Waals surface area contributed by atoms with Crippen LogP contribution in [0, 0.1) is 10.1 Å². The minimum absolute atomic E-state index is 0.0159. The minimum atomic E-state index is -0.438. The number of para-hydroxylation sites is 1. The molecule has 0 radical (unpaired) electrons. The highest BCUT2D eigenvalue weighted by Gasteiger charge is 2.13. The lowest BCUT2D eigenvalue weighted by atomic mass is 10.2. The van der Waals surface area contributed by atoms with E-state index in [0.29, 0.717) is 22.4 Å². The van der Waals surface area contributed by atoms with Crippen molar-refractivity contribution < 1.29 is 14.5 Å². The molecule has 1 N–H and O–H groups in total. The summed E-state index contributed by atoms with van der Waals surface area (Å²) >= 11 is 0. The zero-order valence-corrected chi connectivity index (χ0v) is 18.0. The summed E-state index contributed by atoms with van der Waals surface area (Å²) in [6.45, 7) is 2.28. The molecular formula is C25H24N4O4. The van der Waals surface area contributed by atoms with Crippen LogP contribution >= 0.6 is 0 Å². The first-order valence-corrected chi connectivity index (χ1v) is 10.7. The second-order valence-corrected chi connectivity index (χ2v) is 7.69. The molecule has 1 amide bonds. The molecule has 0 aliphatic carbocycles. The van der Waals surface area contributed by atoms with Crippen LogP contribution in [0.2, 0.25) is 0 Å². The number of hydrogen-bond acceptors (Lipinski definition) is 6. The molecule has 1 fully saturated rings. The Labute approximate surface area is 191 Å². The van der Waals surface area contributed by atoms with Gasteiger partial charge in [-0.15, -0.1) is 0 Å². The number of amides is 1. The molecule has 0 unspecified atom stereocenters. The van der Waals surface area contributed by atoms with Crippen LogP contribution in [-0.4, -0.2) is 30.1 Å². The van der Waals surface area contributed by atoms with Crippen molar-refractivity contribution in [3.63, 3.8) is 0 Å². The lowest BCUT2D eigenvalue weighted by Crippen LogP contribution is -2.19. The molecule has 3 aromatic carbocycles. The fourth-order valence-electron chi connectivity index (χ4n) is 3.66. The third kappa shape index (κ3) is 5.74. The number of benzene rings is 3. The number of ether oxygens (including phenoxy) is 1. The second-order valence-electron chi connectivity index (χ2n) is 7.69. The summed E-state index contributed by atoms with van der Waals surface area (Å²) in [4.78, 5) is 25.2. The molecule has 8 heteroatoms. The fourth-order valence-corrected chi connectivity index (χ4v) is 3.66. The number of anilines is 1. The Morgan fingerprint density at radius 2 is 1.82 bits per heavy atom. The van der Waals surface area contributed by atoms with E-state index >= 15 is 0 Å². The Balaban J connectivity index is 1.36. The van der Waals surface area contributed by atoms with Gasteiger partial charge in [0.2, 0.25) is 0 Å². The number of rotatable bonds is 8. The van der Waals surface area contributed by atoms with Crippen molar-refractivity contribution in [3.05, 3.63) is 99.6 Å². The van der Waals surface area contributed by atoms with Crippen molar-refractivity contribution in [2.45, 2.75) is 19.4 Å². The topological polar surface area (TPSA) is 97.1 Å². The van der Waals surface area contributed by atoms with Crippen LogP contribution in [0.15, 0.2) is 77.9 Å². The summed E-state index contributed by atoms with van der Waals surface area (Å²) in [5.41, 5.74) is 5.58. The number of hydrazone groups is 1. The van der Waals surface area contributed by atoms with Gasteiger partial charge in [-0.25, -0.2) is 5.43 Å². The maximum atomic E-state index is 12.4. The van der Waals surface area contributed by atoms with E-state index in [0.717, 1.165) is 18.8 Å².